The van der Waals surface area contributed by atoms with Crippen LogP contribution in [0.1, 0.15) is 0 Å². The molecule has 0 radical (unpaired) electrons. The minimum Gasteiger partial charge on any atom is -0.360 e. The van der Waals surface area contributed by atoms with Gasteiger partial charge < -0.3 is 4.98 Å². The first kappa shape index (κ1) is 12.6. The van der Waals surface area contributed by atoms with E-state index in [9.17, 15) is 0 Å². The van der Waals surface area contributed by atoms with E-state index in [1.54, 1.807) is 12.4 Å². The molecule has 0 bridgehead atoms. The summed E-state index contributed by atoms with van der Waals surface area (Å²) in [5.74, 6) is 0. The van der Waals surface area contributed by atoms with Crippen LogP contribution in [0.2, 0.25) is 0 Å². The van der Waals surface area contributed by atoms with Gasteiger partial charge in [0.25, 0.3) is 0 Å². The predicted molar refractivity (Wildman–Crippen MR) is 86.6 cm³/mol. The Balaban J connectivity index is 1.91. The van der Waals surface area contributed by atoms with Crippen LogP contribution in [0.5, 0.6) is 0 Å². The highest BCUT2D eigenvalue weighted by atomic mass is 15.3. The second-order valence-electron chi connectivity index (χ2n) is 4.98. The number of H-pyrrole nitrogens is 1. The van der Waals surface area contributed by atoms with Gasteiger partial charge in [-0.3, -0.25) is 4.98 Å². The molecule has 0 aliphatic heterocycles. The average Bonchev–Trinajstić information content (AvgIpc) is 3.26. The van der Waals surface area contributed by atoms with Crippen molar-refractivity contribution in [3.05, 3.63) is 79.3 Å². The van der Waals surface area contributed by atoms with Crippen molar-refractivity contribution in [3.63, 3.8) is 0 Å². The molecule has 22 heavy (non-hydrogen) atoms. The van der Waals surface area contributed by atoms with Crippen LogP contribution in [0.25, 0.3) is 28.3 Å². The molecule has 4 nitrogen and oxygen atoms in total. The monoisotopic (exact) mass is 286 g/mol. The van der Waals surface area contributed by atoms with Gasteiger partial charge in [0.1, 0.15) is 0 Å². The second-order valence-corrected chi connectivity index (χ2v) is 4.98. The molecule has 1 aromatic carbocycles. The first-order chi connectivity index (χ1) is 10.9. The molecule has 0 unspecified atom stereocenters. The first-order valence-corrected chi connectivity index (χ1v) is 7.11. The lowest BCUT2D eigenvalue weighted by Crippen LogP contribution is -1.98. The van der Waals surface area contributed by atoms with Crippen molar-refractivity contribution in [1.29, 1.82) is 0 Å². The fourth-order valence-corrected chi connectivity index (χ4v) is 2.49. The minimum absolute atomic E-state index is 0.927. The SMILES string of the molecule is c1ccc(-n2nc(-c3ccncc3)cc2-c2ccc[nH]2)cc1. The van der Waals surface area contributed by atoms with Gasteiger partial charge in [0.15, 0.2) is 0 Å². The Morgan fingerprint density at radius 2 is 1.68 bits per heavy atom. The second kappa shape index (κ2) is 5.33. The molecule has 4 rings (SSSR count). The molecule has 3 aromatic heterocycles. The molecule has 106 valence electrons. The molecule has 3 heterocycles. The van der Waals surface area contributed by atoms with Crippen molar-refractivity contribution in [1.82, 2.24) is 19.7 Å². The van der Waals surface area contributed by atoms with E-state index in [2.05, 4.69) is 28.2 Å². The molecule has 0 aliphatic rings. The zero-order valence-electron chi connectivity index (χ0n) is 11.8. The topological polar surface area (TPSA) is 46.5 Å². The molecule has 0 amide bonds. The molecule has 4 heteroatoms. The molecular formula is C18H14N4. The Morgan fingerprint density at radius 1 is 0.864 bits per heavy atom. The van der Waals surface area contributed by atoms with E-state index >= 15 is 0 Å². The summed E-state index contributed by atoms with van der Waals surface area (Å²) in [5, 5.41) is 4.78. The molecule has 0 atom stereocenters. The van der Waals surface area contributed by atoms with E-state index in [4.69, 9.17) is 5.10 Å². The lowest BCUT2D eigenvalue weighted by Gasteiger charge is -2.05. The fraction of sp³-hybridized carbons (Fsp3) is 0. The van der Waals surface area contributed by atoms with Gasteiger partial charge in [-0.15, -0.1) is 0 Å². The first-order valence-electron chi connectivity index (χ1n) is 7.11. The maximum atomic E-state index is 4.78. The van der Waals surface area contributed by atoms with Crippen molar-refractivity contribution in [2.45, 2.75) is 0 Å². The predicted octanol–water partition coefficient (Wildman–Crippen LogP) is 3.93. The highest BCUT2D eigenvalue weighted by Gasteiger charge is 2.13. The van der Waals surface area contributed by atoms with Crippen LogP contribution in [0.3, 0.4) is 0 Å². The maximum Gasteiger partial charge on any atom is 0.0935 e. The van der Waals surface area contributed by atoms with E-state index in [-0.39, 0.29) is 0 Å². The quantitative estimate of drug-likeness (QED) is 0.620. The molecule has 0 saturated carbocycles. The number of rotatable bonds is 3. The average molecular weight is 286 g/mol. The van der Waals surface area contributed by atoms with Gasteiger partial charge in [-0.2, -0.15) is 5.10 Å². The highest BCUT2D eigenvalue weighted by molar-refractivity contribution is 5.68. The third-order valence-corrected chi connectivity index (χ3v) is 3.56. The third-order valence-electron chi connectivity index (χ3n) is 3.56. The maximum absolute atomic E-state index is 4.78. The van der Waals surface area contributed by atoms with Crippen LogP contribution in [-0.4, -0.2) is 19.7 Å². The fourth-order valence-electron chi connectivity index (χ4n) is 2.49. The zero-order chi connectivity index (χ0) is 14.8. The number of hydrogen-bond acceptors (Lipinski definition) is 2. The molecule has 0 spiro atoms. The van der Waals surface area contributed by atoms with Crippen molar-refractivity contribution in [3.8, 4) is 28.3 Å². The number of pyridine rings is 1. The van der Waals surface area contributed by atoms with Gasteiger partial charge in [-0.1, -0.05) is 18.2 Å². The summed E-state index contributed by atoms with van der Waals surface area (Å²) in [5.41, 5.74) is 5.08. The number of aromatic amines is 1. The molecule has 1 N–H and O–H groups in total. The summed E-state index contributed by atoms with van der Waals surface area (Å²) < 4.78 is 1.96. The summed E-state index contributed by atoms with van der Waals surface area (Å²) in [6.45, 7) is 0. The third kappa shape index (κ3) is 2.20. The van der Waals surface area contributed by atoms with Crippen molar-refractivity contribution < 1.29 is 0 Å². The van der Waals surface area contributed by atoms with Gasteiger partial charge in [0, 0.05) is 24.2 Å². The van der Waals surface area contributed by atoms with Gasteiger partial charge in [-0.05, 0) is 42.5 Å². The van der Waals surface area contributed by atoms with E-state index in [1.165, 1.54) is 0 Å². The van der Waals surface area contributed by atoms with Gasteiger partial charge in [0.05, 0.1) is 22.8 Å². The number of benzene rings is 1. The van der Waals surface area contributed by atoms with Crippen LogP contribution in [0, 0.1) is 0 Å². The van der Waals surface area contributed by atoms with Crippen molar-refractivity contribution in [2.75, 3.05) is 0 Å². The van der Waals surface area contributed by atoms with E-state index in [0.29, 0.717) is 0 Å². The smallest absolute Gasteiger partial charge is 0.0935 e. The summed E-state index contributed by atoms with van der Waals surface area (Å²) in [6, 6.07) is 20.2. The number of nitrogens with zero attached hydrogens (tertiary/aromatic N) is 3. The minimum atomic E-state index is 0.927. The summed E-state index contributed by atoms with van der Waals surface area (Å²) in [4.78, 5) is 7.32. The lowest BCUT2D eigenvalue weighted by molar-refractivity contribution is 0.889. The van der Waals surface area contributed by atoms with Crippen LogP contribution in [0.4, 0.5) is 0 Å². The van der Waals surface area contributed by atoms with Gasteiger partial charge in [0.2, 0.25) is 0 Å². The van der Waals surface area contributed by atoms with E-state index in [0.717, 1.165) is 28.3 Å². The van der Waals surface area contributed by atoms with E-state index in [1.807, 2.05) is 53.3 Å². The van der Waals surface area contributed by atoms with Gasteiger partial charge >= 0.3 is 0 Å². The Hall–Kier alpha value is -3.14. The lowest BCUT2D eigenvalue weighted by atomic mass is 10.2. The van der Waals surface area contributed by atoms with E-state index < -0.39 is 0 Å². The van der Waals surface area contributed by atoms with Gasteiger partial charge in [-0.25, -0.2) is 4.68 Å². The molecule has 4 aromatic rings. The Bertz CT molecular complexity index is 862. The number of aromatic nitrogens is 4. The largest absolute Gasteiger partial charge is 0.360 e. The molecule has 0 fully saturated rings. The van der Waals surface area contributed by atoms with Crippen LogP contribution in [-0.2, 0) is 0 Å². The molecule has 0 aliphatic carbocycles. The van der Waals surface area contributed by atoms with Crippen LogP contribution < -0.4 is 0 Å². The summed E-state index contributed by atoms with van der Waals surface area (Å²) in [6.07, 6.45) is 5.49. The number of para-hydroxylation sites is 1. The molecule has 0 saturated heterocycles. The van der Waals surface area contributed by atoms with Crippen molar-refractivity contribution >= 4 is 0 Å². The summed E-state index contributed by atoms with van der Waals surface area (Å²) >= 11 is 0. The normalized spacial score (nSPS) is 10.7. The Kier molecular flexibility index (Phi) is 3.05. The Morgan fingerprint density at radius 3 is 2.41 bits per heavy atom. The Labute approximate surface area is 128 Å². The number of nitrogens with one attached hydrogen (secondary N) is 1. The standard InChI is InChI=1S/C18H14N4/c1-2-5-15(6-3-1)22-18(16-7-4-10-20-16)13-17(21-22)14-8-11-19-12-9-14/h1-13,20H. The highest BCUT2D eigenvalue weighted by Crippen LogP contribution is 2.27. The van der Waals surface area contributed by atoms with Crippen LogP contribution in [0.15, 0.2) is 79.3 Å². The zero-order valence-corrected chi connectivity index (χ0v) is 11.8. The molecular weight excluding hydrogens is 272 g/mol. The van der Waals surface area contributed by atoms with Crippen molar-refractivity contribution in [2.24, 2.45) is 0 Å². The van der Waals surface area contributed by atoms with Crippen LogP contribution >= 0.6 is 0 Å². The number of hydrogen-bond donors (Lipinski definition) is 1. The summed E-state index contributed by atoms with van der Waals surface area (Å²) in [7, 11) is 0.